The normalized spacial score (nSPS) is 20.0. The summed E-state index contributed by atoms with van der Waals surface area (Å²) in [5.74, 6) is -1.37. The molecule has 2 N–H and O–H groups in total. The second-order valence-electron chi connectivity index (χ2n) is 8.74. The van der Waals surface area contributed by atoms with E-state index in [9.17, 15) is 18.4 Å². The van der Waals surface area contributed by atoms with Crippen LogP contribution in [0.3, 0.4) is 0 Å². The van der Waals surface area contributed by atoms with Crippen molar-refractivity contribution in [3.8, 4) is 0 Å². The Labute approximate surface area is 189 Å². The third-order valence-electron chi connectivity index (χ3n) is 6.89. The van der Waals surface area contributed by atoms with Gasteiger partial charge in [0.05, 0.1) is 5.69 Å². The van der Waals surface area contributed by atoms with Gasteiger partial charge in [-0.15, -0.1) is 0 Å². The van der Waals surface area contributed by atoms with Gasteiger partial charge in [0.2, 0.25) is 5.95 Å². The Morgan fingerprint density at radius 2 is 1.94 bits per heavy atom. The molecule has 2 aliphatic rings. The number of aromatic amines is 1. The maximum absolute atomic E-state index is 14.5. The third-order valence-corrected chi connectivity index (χ3v) is 6.89. The minimum atomic E-state index is -0.628. The van der Waals surface area contributed by atoms with Gasteiger partial charge in [-0.1, -0.05) is 0 Å². The second-order valence-corrected chi connectivity index (χ2v) is 8.74. The highest BCUT2D eigenvalue weighted by Gasteiger charge is 2.32. The molecule has 8 nitrogen and oxygen atoms in total. The number of aromatic nitrogens is 3. The zero-order chi connectivity index (χ0) is 23.1. The third kappa shape index (κ3) is 3.99. The summed E-state index contributed by atoms with van der Waals surface area (Å²) in [4.78, 5) is 35.0. The number of fused-ring (bicyclic) bond motifs is 1. The van der Waals surface area contributed by atoms with Crippen molar-refractivity contribution in [1.29, 1.82) is 0 Å². The van der Waals surface area contributed by atoms with Crippen LogP contribution in [0.25, 0.3) is 5.52 Å². The van der Waals surface area contributed by atoms with Gasteiger partial charge in [0.15, 0.2) is 5.82 Å². The van der Waals surface area contributed by atoms with Crippen molar-refractivity contribution in [1.82, 2.24) is 24.6 Å². The first-order valence-electron chi connectivity index (χ1n) is 11.2. The first-order chi connectivity index (χ1) is 15.9. The lowest BCUT2D eigenvalue weighted by molar-refractivity contribution is 0.0957. The number of nitrogens with one attached hydrogen (secondary N) is 2. The lowest BCUT2D eigenvalue weighted by Crippen LogP contribution is -2.44. The maximum Gasteiger partial charge on any atom is 0.275 e. The van der Waals surface area contributed by atoms with Gasteiger partial charge in [-0.05, 0) is 44.0 Å². The van der Waals surface area contributed by atoms with Crippen LogP contribution >= 0.6 is 0 Å². The molecule has 1 amide bonds. The molecule has 5 rings (SSSR count). The van der Waals surface area contributed by atoms with Crippen LogP contribution in [-0.2, 0) is 0 Å². The quantitative estimate of drug-likeness (QED) is 0.588. The number of nitrogens with zero attached hydrogens (tertiary/aromatic N) is 4. The Morgan fingerprint density at radius 3 is 2.67 bits per heavy atom. The molecule has 0 bridgehead atoms. The summed E-state index contributed by atoms with van der Waals surface area (Å²) in [6, 6.07) is 4.85. The van der Waals surface area contributed by atoms with Crippen LogP contribution in [-0.4, -0.2) is 64.4 Å². The summed E-state index contributed by atoms with van der Waals surface area (Å²) >= 11 is 0. The van der Waals surface area contributed by atoms with Crippen LogP contribution in [0.15, 0.2) is 35.4 Å². The average Bonchev–Trinajstić information content (AvgIpc) is 3.46. The van der Waals surface area contributed by atoms with Gasteiger partial charge in [0.25, 0.3) is 11.5 Å². The number of hydrogen-bond acceptors (Lipinski definition) is 5. The first-order valence-corrected chi connectivity index (χ1v) is 11.2. The molecule has 0 aromatic carbocycles. The second kappa shape index (κ2) is 8.58. The first kappa shape index (κ1) is 21.6. The van der Waals surface area contributed by atoms with Gasteiger partial charge < -0.3 is 19.6 Å². The molecule has 2 saturated heterocycles. The van der Waals surface area contributed by atoms with E-state index in [2.05, 4.69) is 20.2 Å². The molecule has 0 spiro atoms. The Balaban J connectivity index is 1.22. The number of H-pyrrole nitrogens is 1. The highest BCUT2D eigenvalue weighted by atomic mass is 19.1. The number of anilines is 1. The highest BCUT2D eigenvalue weighted by molar-refractivity contribution is 5.92. The lowest BCUT2D eigenvalue weighted by Gasteiger charge is -2.37. The fraction of sp³-hybridized carbons (Fsp3) is 0.435. The summed E-state index contributed by atoms with van der Waals surface area (Å²) < 4.78 is 29.8. The molecule has 2 fully saturated rings. The predicted octanol–water partition coefficient (Wildman–Crippen LogP) is 2.12. The van der Waals surface area contributed by atoms with E-state index in [-0.39, 0.29) is 17.1 Å². The molecule has 3 aromatic heterocycles. The average molecular weight is 456 g/mol. The molecule has 1 unspecified atom stereocenters. The molecule has 0 radical (unpaired) electrons. The van der Waals surface area contributed by atoms with Crippen LogP contribution in [0.1, 0.15) is 41.4 Å². The fourth-order valence-electron chi connectivity index (χ4n) is 5.10. The van der Waals surface area contributed by atoms with Crippen LogP contribution in [0.2, 0.25) is 0 Å². The summed E-state index contributed by atoms with van der Waals surface area (Å²) in [7, 11) is 1.49. The Morgan fingerprint density at radius 1 is 1.15 bits per heavy atom. The number of hydrogen-bond donors (Lipinski definition) is 2. The number of piperidine rings is 1. The number of carbonyl (C=O) groups is 1. The zero-order valence-corrected chi connectivity index (χ0v) is 18.4. The number of rotatable bonds is 4. The summed E-state index contributed by atoms with van der Waals surface area (Å²) in [5, 5.41) is 2.45. The number of likely N-dealkylation sites (tertiary alicyclic amines) is 1. The van der Waals surface area contributed by atoms with E-state index in [4.69, 9.17) is 0 Å². The minimum Gasteiger partial charge on any atom is -0.368 e. The van der Waals surface area contributed by atoms with Gasteiger partial charge in [-0.25, -0.2) is 9.37 Å². The van der Waals surface area contributed by atoms with Crippen molar-refractivity contribution in [2.24, 2.45) is 0 Å². The molecule has 3 aromatic rings. The standard InChI is InChI=1S/C23H26F2N6O2/c1-26-22(32)17-2-3-19(21(25)27-17)29-9-5-15(6-10-29)30-8-4-14(12-30)18-13-31-11-7-16(24)20(31)23(33)28-18/h2-3,7,11,13-15H,4-6,8-10,12H2,1H3,(H,26,32)(H,28,33). The topological polar surface area (TPSA) is 85.7 Å². The van der Waals surface area contributed by atoms with Crippen LogP contribution in [0.4, 0.5) is 14.5 Å². The van der Waals surface area contributed by atoms with E-state index in [1.165, 1.54) is 13.1 Å². The molecule has 33 heavy (non-hydrogen) atoms. The molecule has 0 saturated carbocycles. The summed E-state index contributed by atoms with van der Waals surface area (Å²) in [6.07, 6.45) is 6.09. The zero-order valence-electron chi connectivity index (χ0n) is 18.4. The van der Waals surface area contributed by atoms with E-state index >= 15 is 0 Å². The number of amides is 1. The largest absolute Gasteiger partial charge is 0.368 e. The van der Waals surface area contributed by atoms with Crippen molar-refractivity contribution in [2.75, 3.05) is 38.1 Å². The predicted molar refractivity (Wildman–Crippen MR) is 120 cm³/mol. The van der Waals surface area contributed by atoms with Gasteiger partial charge in [-0.2, -0.15) is 4.39 Å². The summed E-state index contributed by atoms with van der Waals surface area (Å²) in [6.45, 7) is 3.16. The van der Waals surface area contributed by atoms with Crippen molar-refractivity contribution in [3.05, 3.63) is 64.1 Å². The van der Waals surface area contributed by atoms with Crippen molar-refractivity contribution in [2.45, 2.75) is 31.2 Å². The molecular weight excluding hydrogens is 430 g/mol. The van der Waals surface area contributed by atoms with Gasteiger partial charge >= 0.3 is 0 Å². The van der Waals surface area contributed by atoms with Gasteiger partial charge in [-0.3, -0.25) is 14.5 Å². The SMILES string of the molecule is CNC(=O)c1ccc(N2CCC(N3CCC(c4cn5ccc(F)c5c(=O)[nH]4)C3)CC2)c(F)n1. The molecule has 174 valence electrons. The van der Waals surface area contributed by atoms with Gasteiger partial charge in [0.1, 0.15) is 11.2 Å². The smallest absolute Gasteiger partial charge is 0.275 e. The van der Waals surface area contributed by atoms with Crippen LogP contribution < -0.4 is 15.8 Å². The molecule has 5 heterocycles. The number of pyridine rings is 1. The Hall–Kier alpha value is -3.27. The lowest BCUT2D eigenvalue weighted by atomic mass is 10.0. The van der Waals surface area contributed by atoms with Crippen LogP contribution in [0.5, 0.6) is 0 Å². The Bertz CT molecular complexity index is 1250. The van der Waals surface area contributed by atoms with Crippen molar-refractivity contribution >= 4 is 17.1 Å². The van der Waals surface area contributed by atoms with E-state index in [1.54, 1.807) is 22.7 Å². The molecule has 2 aliphatic heterocycles. The van der Waals surface area contributed by atoms with E-state index < -0.39 is 23.2 Å². The van der Waals surface area contributed by atoms with E-state index in [0.717, 1.165) is 38.0 Å². The number of halogens is 2. The van der Waals surface area contributed by atoms with E-state index in [1.807, 2.05) is 11.1 Å². The molecule has 10 heteroatoms. The highest BCUT2D eigenvalue weighted by Crippen LogP contribution is 2.31. The van der Waals surface area contributed by atoms with Crippen molar-refractivity contribution < 1.29 is 13.6 Å². The molecule has 0 aliphatic carbocycles. The molecule has 1 atom stereocenters. The maximum atomic E-state index is 14.5. The minimum absolute atomic E-state index is 0.0473. The van der Waals surface area contributed by atoms with E-state index in [0.29, 0.717) is 24.8 Å². The Kier molecular flexibility index (Phi) is 5.61. The molecular formula is C23H26F2N6O2. The summed E-state index contributed by atoms with van der Waals surface area (Å²) in [5.41, 5.74) is 0.958. The van der Waals surface area contributed by atoms with Crippen molar-refractivity contribution in [3.63, 3.8) is 0 Å². The monoisotopic (exact) mass is 456 g/mol. The van der Waals surface area contributed by atoms with Crippen LogP contribution in [0, 0.1) is 11.8 Å². The number of carbonyl (C=O) groups excluding carboxylic acids is 1. The fourth-order valence-corrected chi connectivity index (χ4v) is 5.10. The van der Waals surface area contributed by atoms with Gasteiger partial charge in [0, 0.05) is 56.7 Å².